The fourth-order valence-corrected chi connectivity index (χ4v) is 3.87. The van der Waals surface area contributed by atoms with Gasteiger partial charge in [0, 0.05) is 12.0 Å². The van der Waals surface area contributed by atoms with Crippen molar-refractivity contribution >= 4 is 11.8 Å². The van der Waals surface area contributed by atoms with E-state index in [-0.39, 0.29) is 18.2 Å². The van der Waals surface area contributed by atoms with Crippen molar-refractivity contribution in [1.82, 2.24) is 16.0 Å². The lowest BCUT2D eigenvalue weighted by Gasteiger charge is -2.18. The van der Waals surface area contributed by atoms with Crippen molar-refractivity contribution in [2.75, 3.05) is 6.54 Å². The monoisotopic (exact) mass is 435 g/mol. The molecule has 0 radical (unpaired) electrons. The van der Waals surface area contributed by atoms with Gasteiger partial charge in [-0.1, -0.05) is 30.3 Å². The Morgan fingerprint density at radius 3 is 2.53 bits per heavy atom. The molecule has 0 aliphatic heterocycles. The first-order chi connectivity index (χ1) is 15.7. The van der Waals surface area contributed by atoms with Gasteiger partial charge >= 0.3 is 0 Å². The van der Waals surface area contributed by atoms with Crippen molar-refractivity contribution in [3.05, 3.63) is 84.2 Å². The maximum absolute atomic E-state index is 12.7. The first kappa shape index (κ1) is 21.9. The molecule has 2 aromatic heterocycles. The average molecular weight is 436 g/mol. The van der Waals surface area contributed by atoms with E-state index in [0.717, 1.165) is 19.4 Å². The Bertz CT molecular complexity index is 970. The molecular weight excluding hydrogens is 406 g/mol. The minimum absolute atomic E-state index is 0.191. The Kier molecular flexibility index (Phi) is 7.40. The van der Waals surface area contributed by atoms with E-state index in [2.05, 4.69) is 40.2 Å². The molecule has 7 heteroatoms. The van der Waals surface area contributed by atoms with E-state index in [9.17, 15) is 9.59 Å². The van der Waals surface area contributed by atoms with Crippen LogP contribution in [0.3, 0.4) is 0 Å². The predicted octanol–water partition coefficient (Wildman–Crippen LogP) is 3.60. The van der Waals surface area contributed by atoms with Crippen molar-refractivity contribution in [2.45, 2.75) is 50.2 Å². The highest BCUT2D eigenvalue weighted by molar-refractivity contribution is 5.95. The molecule has 3 atom stereocenters. The van der Waals surface area contributed by atoms with E-state index in [0.29, 0.717) is 24.1 Å². The van der Waals surface area contributed by atoms with Crippen LogP contribution >= 0.6 is 0 Å². The maximum Gasteiger partial charge on any atom is 0.287 e. The van der Waals surface area contributed by atoms with Crippen molar-refractivity contribution in [3.63, 3.8) is 0 Å². The van der Waals surface area contributed by atoms with Gasteiger partial charge in [-0.2, -0.15) is 0 Å². The third kappa shape index (κ3) is 6.11. The second-order valence-corrected chi connectivity index (χ2v) is 8.11. The summed E-state index contributed by atoms with van der Waals surface area (Å²) in [7, 11) is 0. The van der Waals surface area contributed by atoms with Crippen LogP contribution in [0.5, 0.6) is 0 Å². The summed E-state index contributed by atoms with van der Waals surface area (Å²) >= 11 is 0. The number of hydrogen-bond acceptors (Lipinski definition) is 5. The van der Waals surface area contributed by atoms with Crippen LogP contribution in [0.15, 0.2) is 76.0 Å². The molecule has 1 aromatic carbocycles. The Hall–Kier alpha value is -3.32. The molecule has 3 aromatic rings. The summed E-state index contributed by atoms with van der Waals surface area (Å²) in [5.41, 5.74) is 1.39. The normalized spacial score (nSPS) is 18.1. The van der Waals surface area contributed by atoms with E-state index in [1.807, 2.05) is 6.07 Å². The number of unbranched alkanes of at least 4 members (excludes halogenated alkanes) is 1. The van der Waals surface area contributed by atoms with Crippen LogP contribution in [0, 0.1) is 0 Å². The number of hydrogen-bond donors (Lipinski definition) is 3. The second kappa shape index (κ2) is 10.8. The van der Waals surface area contributed by atoms with E-state index in [1.54, 1.807) is 30.5 Å². The van der Waals surface area contributed by atoms with E-state index in [4.69, 9.17) is 8.83 Å². The van der Waals surface area contributed by atoms with E-state index in [1.165, 1.54) is 18.2 Å². The molecule has 1 saturated carbocycles. The van der Waals surface area contributed by atoms with Gasteiger partial charge in [0.1, 0.15) is 11.8 Å². The van der Waals surface area contributed by atoms with Gasteiger partial charge in [0.25, 0.3) is 5.91 Å². The first-order valence-electron chi connectivity index (χ1n) is 11.1. The van der Waals surface area contributed by atoms with E-state index < -0.39 is 11.9 Å². The number of nitrogens with one attached hydrogen (secondary N) is 3. The lowest BCUT2D eigenvalue weighted by molar-refractivity contribution is -0.123. The molecule has 0 spiro atoms. The van der Waals surface area contributed by atoms with Gasteiger partial charge in [-0.25, -0.2) is 0 Å². The number of benzene rings is 1. The molecule has 3 N–H and O–H groups in total. The summed E-state index contributed by atoms with van der Waals surface area (Å²) in [6.45, 7) is 1.17. The maximum atomic E-state index is 12.7. The highest BCUT2D eigenvalue weighted by Gasteiger charge is 2.37. The molecule has 1 fully saturated rings. The molecule has 0 bridgehead atoms. The van der Waals surface area contributed by atoms with Gasteiger partial charge < -0.3 is 24.8 Å². The Labute approximate surface area is 187 Å². The lowest BCUT2D eigenvalue weighted by atomic mass is 10.1. The highest BCUT2D eigenvalue weighted by Crippen LogP contribution is 2.40. The van der Waals surface area contributed by atoms with Gasteiger partial charge in [0.05, 0.1) is 19.1 Å². The van der Waals surface area contributed by atoms with Gasteiger partial charge in [-0.15, -0.1) is 0 Å². The SMILES string of the molecule is O=C(NC(CCCCNC1CC1c1ccccc1)C(=O)NCc1ccco1)c1ccco1. The summed E-state index contributed by atoms with van der Waals surface area (Å²) in [4.78, 5) is 25.1. The van der Waals surface area contributed by atoms with Gasteiger partial charge in [0.2, 0.25) is 5.91 Å². The number of carbonyl (C=O) groups is 2. The van der Waals surface area contributed by atoms with Crippen molar-refractivity contribution < 1.29 is 18.4 Å². The third-order valence-corrected chi connectivity index (χ3v) is 5.73. The molecule has 4 rings (SSSR count). The molecular formula is C25H29N3O4. The number of amides is 2. The summed E-state index contributed by atoms with van der Waals surface area (Å²) in [6.07, 6.45) is 6.45. The van der Waals surface area contributed by atoms with Gasteiger partial charge in [-0.05, 0) is 62.1 Å². The lowest BCUT2D eigenvalue weighted by Crippen LogP contribution is -2.46. The van der Waals surface area contributed by atoms with Crippen LogP contribution < -0.4 is 16.0 Å². The first-order valence-corrected chi connectivity index (χ1v) is 11.1. The summed E-state index contributed by atoms with van der Waals surface area (Å²) in [5, 5.41) is 9.23. The molecule has 1 aliphatic rings. The van der Waals surface area contributed by atoms with Gasteiger partial charge in [-0.3, -0.25) is 9.59 Å². The Balaban J connectivity index is 1.21. The van der Waals surface area contributed by atoms with Crippen LogP contribution in [-0.2, 0) is 11.3 Å². The summed E-state index contributed by atoms with van der Waals surface area (Å²) < 4.78 is 10.4. The highest BCUT2D eigenvalue weighted by atomic mass is 16.3. The fraction of sp³-hybridized carbons (Fsp3) is 0.360. The number of furan rings is 2. The Morgan fingerprint density at radius 1 is 0.969 bits per heavy atom. The fourth-order valence-electron chi connectivity index (χ4n) is 3.87. The standard InChI is InChI=1S/C25H29N3O4/c29-24(27-17-19-10-6-14-31-19)21(28-25(30)23-12-7-15-32-23)11-4-5-13-26-22-16-20(22)18-8-2-1-3-9-18/h1-3,6-10,12,14-15,20-22,26H,4-5,11,13,16-17H2,(H,27,29)(H,28,30). The molecule has 7 nitrogen and oxygen atoms in total. The minimum atomic E-state index is -0.638. The zero-order valence-corrected chi connectivity index (χ0v) is 18.0. The van der Waals surface area contributed by atoms with Crippen LogP contribution in [0.4, 0.5) is 0 Å². The number of rotatable bonds is 12. The zero-order valence-electron chi connectivity index (χ0n) is 18.0. The zero-order chi connectivity index (χ0) is 22.2. The molecule has 168 valence electrons. The van der Waals surface area contributed by atoms with Crippen LogP contribution in [0.2, 0.25) is 0 Å². The minimum Gasteiger partial charge on any atom is -0.467 e. The van der Waals surface area contributed by atoms with Crippen molar-refractivity contribution in [3.8, 4) is 0 Å². The molecule has 32 heavy (non-hydrogen) atoms. The molecule has 1 aliphatic carbocycles. The topological polar surface area (TPSA) is 96.5 Å². The molecule has 2 amide bonds. The largest absolute Gasteiger partial charge is 0.467 e. The number of carbonyl (C=O) groups excluding carboxylic acids is 2. The van der Waals surface area contributed by atoms with E-state index >= 15 is 0 Å². The van der Waals surface area contributed by atoms with Crippen molar-refractivity contribution in [2.24, 2.45) is 0 Å². The van der Waals surface area contributed by atoms with Crippen LogP contribution in [0.1, 0.15) is 53.5 Å². The molecule has 2 heterocycles. The molecule has 3 unspecified atom stereocenters. The second-order valence-electron chi connectivity index (χ2n) is 8.11. The average Bonchev–Trinajstić information content (AvgIpc) is 3.20. The summed E-state index contributed by atoms with van der Waals surface area (Å²) in [6, 6.07) is 17.3. The van der Waals surface area contributed by atoms with Crippen molar-refractivity contribution in [1.29, 1.82) is 0 Å². The Morgan fingerprint density at radius 2 is 1.78 bits per heavy atom. The smallest absolute Gasteiger partial charge is 0.287 e. The summed E-state index contributed by atoms with van der Waals surface area (Å²) in [5.74, 6) is 0.826. The third-order valence-electron chi connectivity index (χ3n) is 5.73. The van der Waals surface area contributed by atoms with Gasteiger partial charge in [0.15, 0.2) is 5.76 Å². The van der Waals surface area contributed by atoms with Crippen LogP contribution in [0.25, 0.3) is 0 Å². The quantitative estimate of drug-likeness (QED) is 0.378. The predicted molar refractivity (Wildman–Crippen MR) is 120 cm³/mol. The molecule has 0 saturated heterocycles. The van der Waals surface area contributed by atoms with Crippen LogP contribution in [-0.4, -0.2) is 30.4 Å².